The molecule has 1 aliphatic carbocycles. The number of unbranched alkanes of at least 4 members (excludes halogenated alkanes) is 1. The van der Waals surface area contributed by atoms with Gasteiger partial charge in [0.2, 0.25) is 11.8 Å². The van der Waals surface area contributed by atoms with Crippen LogP contribution in [-0.2, 0) is 9.59 Å². The van der Waals surface area contributed by atoms with E-state index in [9.17, 15) is 14.9 Å². The monoisotopic (exact) mass is 418 g/mol. The highest BCUT2D eigenvalue weighted by molar-refractivity contribution is 5.93. The minimum absolute atomic E-state index is 0.0132. The summed E-state index contributed by atoms with van der Waals surface area (Å²) in [6, 6.07) is 5.73. The first kappa shape index (κ1) is 21.7. The molecule has 10 nitrogen and oxygen atoms in total. The number of hydrogen-bond acceptors (Lipinski definition) is 8. The summed E-state index contributed by atoms with van der Waals surface area (Å²) in [5, 5.41) is 23.6. The van der Waals surface area contributed by atoms with E-state index in [4.69, 9.17) is 5.26 Å². The molecule has 0 aromatic carbocycles. The minimum atomic E-state index is -0.164. The first-order valence-electron chi connectivity index (χ1n) is 9.90. The van der Waals surface area contributed by atoms with E-state index in [-0.39, 0.29) is 30.0 Å². The highest BCUT2D eigenvalue weighted by atomic mass is 16.2. The summed E-state index contributed by atoms with van der Waals surface area (Å²) in [7, 11) is 1.67. The average molecular weight is 418 g/mol. The molecular weight excluding hydrogens is 396 g/mol. The van der Waals surface area contributed by atoms with Gasteiger partial charge in [0.05, 0.1) is 36.4 Å². The fourth-order valence-electron chi connectivity index (χ4n) is 2.77. The molecule has 0 unspecified atom stereocenters. The number of nitriles is 2. The van der Waals surface area contributed by atoms with Gasteiger partial charge >= 0.3 is 0 Å². The molecule has 158 valence electrons. The summed E-state index contributed by atoms with van der Waals surface area (Å²) in [6.07, 6.45) is 7.30. The number of rotatable bonds is 9. The Labute approximate surface area is 179 Å². The van der Waals surface area contributed by atoms with Crippen LogP contribution in [-0.4, -0.2) is 51.8 Å². The Morgan fingerprint density at radius 2 is 2.00 bits per heavy atom. The summed E-state index contributed by atoms with van der Waals surface area (Å²) in [6.45, 7) is 0.470. The van der Waals surface area contributed by atoms with Crippen LogP contribution in [0.1, 0.15) is 31.4 Å². The zero-order valence-corrected chi connectivity index (χ0v) is 17.1. The fourth-order valence-corrected chi connectivity index (χ4v) is 2.77. The van der Waals surface area contributed by atoms with Crippen molar-refractivity contribution in [1.82, 2.24) is 19.9 Å². The van der Waals surface area contributed by atoms with Crippen molar-refractivity contribution >= 4 is 23.3 Å². The van der Waals surface area contributed by atoms with Gasteiger partial charge < -0.3 is 15.5 Å². The molecule has 0 bridgehead atoms. The smallest absolute Gasteiger partial charge is 0.241 e. The predicted molar refractivity (Wildman–Crippen MR) is 112 cm³/mol. The van der Waals surface area contributed by atoms with Gasteiger partial charge in [-0.25, -0.2) is 9.97 Å². The van der Waals surface area contributed by atoms with Crippen LogP contribution in [0, 0.1) is 28.6 Å². The van der Waals surface area contributed by atoms with E-state index in [1.807, 2.05) is 12.1 Å². The predicted octanol–water partition coefficient (Wildman–Crippen LogP) is 1.93. The third kappa shape index (κ3) is 5.97. The zero-order valence-electron chi connectivity index (χ0n) is 17.1. The Hall–Kier alpha value is -4.05. The summed E-state index contributed by atoms with van der Waals surface area (Å²) in [5.74, 6) is 0.246. The van der Waals surface area contributed by atoms with Gasteiger partial charge in [0.1, 0.15) is 6.07 Å². The number of anilines is 2. The lowest BCUT2D eigenvalue weighted by Gasteiger charge is -2.17. The van der Waals surface area contributed by atoms with Crippen molar-refractivity contribution in [2.45, 2.75) is 25.7 Å². The molecule has 31 heavy (non-hydrogen) atoms. The lowest BCUT2D eigenvalue weighted by molar-refractivity contribution is -0.128. The van der Waals surface area contributed by atoms with Gasteiger partial charge in [0.25, 0.3) is 0 Å². The molecule has 2 aromatic rings. The minimum Gasteiger partial charge on any atom is -0.374 e. The molecule has 1 saturated carbocycles. The molecule has 2 aromatic heterocycles. The van der Waals surface area contributed by atoms with Gasteiger partial charge in [-0.05, 0) is 25.3 Å². The number of pyridine rings is 1. The lowest BCUT2D eigenvalue weighted by Crippen LogP contribution is -2.33. The van der Waals surface area contributed by atoms with Crippen LogP contribution < -0.4 is 10.6 Å². The fraction of sp³-hybridized carbons (Fsp3) is 0.381. The van der Waals surface area contributed by atoms with Crippen LogP contribution in [0.5, 0.6) is 0 Å². The van der Waals surface area contributed by atoms with Crippen molar-refractivity contribution in [2.24, 2.45) is 5.92 Å². The summed E-state index contributed by atoms with van der Waals surface area (Å²) in [5.41, 5.74) is 1.70. The van der Waals surface area contributed by atoms with Crippen LogP contribution in [0.2, 0.25) is 0 Å². The molecule has 10 heteroatoms. The molecule has 2 N–H and O–H groups in total. The van der Waals surface area contributed by atoms with Crippen LogP contribution >= 0.6 is 0 Å². The number of nitrogens with one attached hydrogen (secondary N) is 2. The molecule has 0 radical (unpaired) electrons. The first-order valence-corrected chi connectivity index (χ1v) is 9.90. The van der Waals surface area contributed by atoms with Crippen LogP contribution in [0.15, 0.2) is 24.7 Å². The van der Waals surface area contributed by atoms with E-state index in [1.165, 1.54) is 23.5 Å². The summed E-state index contributed by atoms with van der Waals surface area (Å²) < 4.78 is 0. The van der Waals surface area contributed by atoms with E-state index in [0.29, 0.717) is 42.1 Å². The molecular formula is C21H22N8O2. The zero-order chi connectivity index (χ0) is 22.2. The van der Waals surface area contributed by atoms with Crippen molar-refractivity contribution < 1.29 is 9.59 Å². The van der Waals surface area contributed by atoms with E-state index >= 15 is 0 Å². The second-order valence-electron chi connectivity index (χ2n) is 7.21. The number of aromatic nitrogens is 3. The molecule has 0 aliphatic heterocycles. The molecule has 1 aliphatic rings. The molecule has 0 spiro atoms. The van der Waals surface area contributed by atoms with Crippen molar-refractivity contribution in [1.29, 1.82) is 10.5 Å². The maximum Gasteiger partial charge on any atom is 0.241 e. The van der Waals surface area contributed by atoms with Crippen molar-refractivity contribution in [3.05, 3.63) is 30.4 Å². The van der Waals surface area contributed by atoms with E-state index < -0.39 is 0 Å². The number of hydrogen-bond donors (Lipinski definition) is 2. The van der Waals surface area contributed by atoms with E-state index in [2.05, 4.69) is 25.6 Å². The third-order valence-corrected chi connectivity index (χ3v) is 4.78. The standard InChI is InChI=1S/C21H22N8O2/c1-29(7-3-2-6-22)20(30)13-26-16-8-15(10-24-17(16)9-23)18-11-27-19(12-25-18)28-21(31)14-4-5-14/h8,10-12,14,26H,2-5,7,13H2,1H3,(H,27,28,31). The molecule has 1 fully saturated rings. The highest BCUT2D eigenvalue weighted by Crippen LogP contribution is 2.30. The third-order valence-electron chi connectivity index (χ3n) is 4.78. The Bertz CT molecular complexity index is 1030. The number of likely N-dealkylation sites (N-methyl/N-ethyl adjacent to an activating group) is 1. The molecule has 0 atom stereocenters. The second kappa shape index (κ2) is 10.1. The lowest BCUT2D eigenvalue weighted by atomic mass is 10.1. The van der Waals surface area contributed by atoms with Crippen LogP contribution in [0.4, 0.5) is 11.5 Å². The van der Waals surface area contributed by atoms with E-state index in [0.717, 1.165) is 12.8 Å². The molecule has 2 amide bonds. The largest absolute Gasteiger partial charge is 0.374 e. The Morgan fingerprint density at radius 1 is 1.19 bits per heavy atom. The topological polar surface area (TPSA) is 148 Å². The van der Waals surface area contributed by atoms with Gasteiger partial charge in [-0.1, -0.05) is 0 Å². The number of amides is 2. The average Bonchev–Trinajstić information content (AvgIpc) is 3.63. The maximum atomic E-state index is 12.3. The molecule has 2 heterocycles. The summed E-state index contributed by atoms with van der Waals surface area (Å²) >= 11 is 0. The SMILES string of the molecule is CN(CCCC#N)C(=O)CNc1cc(-c2cnc(NC(=O)C3CC3)cn2)cnc1C#N. The van der Waals surface area contributed by atoms with Gasteiger partial charge in [0, 0.05) is 37.7 Å². The van der Waals surface area contributed by atoms with Crippen LogP contribution in [0.25, 0.3) is 11.3 Å². The maximum absolute atomic E-state index is 12.3. The van der Waals surface area contributed by atoms with Gasteiger partial charge in [0.15, 0.2) is 11.5 Å². The Morgan fingerprint density at radius 3 is 2.65 bits per heavy atom. The highest BCUT2D eigenvalue weighted by Gasteiger charge is 2.29. The molecule has 0 saturated heterocycles. The summed E-state index contributed by atoms with van der Waals surface area (Å²) in [4.78, 5) is 38.3. The van der Waals surface area contributed by atoms with Crippen molar-refractivity contribution in [2.75, 3.05) is 30.8 Å². The Balaban J connectivity index is 1.66. The van der Waals surface area contributed by atoms with E-state index in [1.54, 1.807) is 13.1 Å². The number of carbonyl (C=O) groups is 2. The van der Waals surface area contributed by atoms with Crippen LogP contribution in [0.3, 0.4) is 0 Å². The normalized spacial score (nSPS) is 12.4. The van der Waals surface area contributed by atoms with Gasteiger partial charge in [-0.3, -0.25) is 14.6 Å². The number of carbonyl (C=O) groups excluding carboxylic acids is 2. The van der Waals surface area contributed by atoms with Gasteiger partial charge in [-0.15, -0.1) is 0 Å². The molecule has 3 rings (SSSR count). The van der Waals surface area contributed by atoms with Crippen molar-refractivity contribution in [3.63, 3.8) is 0 Å². The second-order valence-corrected chi connectivity index (χ2v) is 7.21. The van der Waals surface area contributed by atoms with Crippen molar-refractivity contribution in [3.8, 4) is 23.4 Å². The number of nitrogens with zero attached hydrogens (tertiary/aromatic N) is 6. The van der Waals surface area contributed by atoms with Gasteiger partial charge in [-0.2, -0.15) is 10.5 Å². The Kier molecular flexibility index (Phi) is 7.07. The first-order chi connectivity index (χ1) is 15.0. The quantitative estimate of drug-likeness (QED) is 0.587.